The molecule has 3 aliphatic carbocycles. The van der Waals surface area contributed by atoms with Crippen LogP contribution in [0, 0.1) is 35.5 Å². The fourth-order valence-corrected chi connectivity index (χ4v) is 7.34. The van der Waals surface area contributed by atoms with Gasteiger partial charge >= 0.3 is 0 Å². The maximum absolute atomic E-state index is 13.8. The summed E-state index contributed by atoms with van der Waals surface area (Å²) < 4.78 is 6.39. The Morgan fingerprint density at radius 1 is 0.939 bits per heavy atom. The number of aliphatic hydroxyl groups excluding tert-OH is 2. The van der Waals surface area contributed by atoms with Gasteiger partial charge in [-0.15, -0.1) is 0 Å². The van der Waals surface area contributed by atoms with Crippen LogP contribution < -0.4 is 0 Å². The van der Waals surface area contributed by atoms with Crippen molar-refractivity contribution in [1.29, 1.82) is 0 Å². The molecule has 0 aromatic heterocycles. The van der Waals surface area contributed by atoms with E-state index < -0.39 is 24.2 Å². The first-order chi connectivity index (χ1) is 15.8. The molecule has 1 heterocycles. The number of ether oxygens (including phenoxy) is 1. The van der Waals surface area contributed by atoms with Gasteiger partial charge in [-0.1, -0.05) is 26.2 Å². The van der Waals surface area contributed by atoms with E-state index in [9.17, 15) is 15.0 Å². The Morgan fingerprint density at radius 3 is 2.42 bits per heavy atom. The van der Waals surface area contributed by atoms with Gasteiger partial charge in [-0.05, 0) is 76.3 Å². The first-order valence-electron chi connectivity index (χ1n) is 13.7. The molecule has 1 amide bonds. The fraction of sp³-hybridized carbons (Fsp3) is 0.963. The lowest BCUT2D eigenvalue weighted by molar-refractivity contribution is -0.172. The average Bonchev–Trinajstić information content (AvgIpc) is 2.80. The minimum Gasteiger partial charge on any atom is -0.393 e. The molecule has 0 bridgehead atoms. The van der Waals surface area contributed by atoms with Gasteiger partial charge in [0, 0.05) is 38.6 Å². The summed E-state index contributed by atoms with van der Waals surface area (Å²) in [4.78, 5) is 18.1. The average molecular weight is 465 g/mol. The molecule has 33 heavy (non-hydrogen) atoms. The summed E-state index contributed by atoms with van der Waals surface area (Å²) in [6, 6.07) is 0. The van der Waals surface area contributed by atoms with Gasteiger partial charge in [0.15, 0.2) is 0 Å². The van der Waals surface area contributed by atoms with Gasteiger partial charge in [0.1, 0.15) is 0 Å². The summed E-state index contributed by atoms with van der Waals surface area (Å²) in [7, 11) is 4.32. The third-order valence-corrected chi connectivity index (χ3v) is 9.32. The van der Waals surface area contributed by atoms with E-state index in [1.165, 1.54) is 57.9 Å². The molecule has 2 N–H and O–H groups in total. The number of nitrogens with zero attached hydrogens (tertiary/aromatic N) is 2. The van der Waals surface area contributed by atoms with E-state index >= 15 is 0 Å². The first kappa shape index (κ1) is 25.4. The number of likely N-dealkylation sites (tertiary alicyclic amines) is 1. The zero-order valence-corrected chi connectivity index (χ0v) is 21.2. The second-order valence-electron chi connectivity index (χ2n) is 12.1. The molecule has 0 spiro atoms. The Bertz CT molecular complexity index is 638. The van der Waals surface area contributed by atoms with Crippen LogP contribution >= 0.6 is 0 Å². The van der Waals surface area contributed by atoms with Crippen LogP contribution in [0.2, 0.25) is 0 Å². The van der Waals surface area contributed by atoms with Crippen LogP contribution in [0.5, 0.6) is 0 Å². The number of rotatable bonds is 6. The van der Waals surface area contributed by atoms with Crippen LogP contribution in [-0.2, 0) is 9.53 Å². The van der Waals surface area contributed by atoms with Crippen molar-refractivity contribution < 1.29 is 19.7 Å². The summed E-state index contributed by atoms with van der Waals surface area (Å²) >= 11 is 0. The zero-order valence-electron chi connectivity index (χ0n) is 21.2. The second kappa shape index (κ2) is 11.4. The molecule has 0 radical (unpaired) electrons. The quantitative estimate of drug-likeness (QED) is 0.632. The Morgan fingerprint density at radius 2 is 1.70 bits per heavy atom. The van der Waals surface area contributed by atoms with Crippen molar-refractivity contribution in [2.45, 2.75) is 89.4 Å². The van der Waals surface area contributed by atoms with Crippen molar-refractivity contribution in [3.63, 3.8) is 0 Å². The van der Waals surface area contributed by atoms with Gasteiger partial charge in [-0.3, -0.25) is 4.79 Å². The van der Waals surface area contributed by atoms with Crippen molar-refractivity contribution in [3.8, 4) is 0 Å². The highest BCUT2D eigenvalue weighted by Crippen LogP contribution is 2.41. The van der Waals surface area contributed by atoms with E-state index in [4.69, 9.17) is 4.74 Å². The predicted molar refractivity (Wildman–Crippen MR) is 130 cm³/mol. The highest BCUT2D eigenvalue weighted by molar-refractivity contribution is 5.80. The zero-order chi connectivity index (χ0) is 23.5. The Kier molecular flexibility index (Phi) is 8.75. The van der Waals surface area contributed by atoms with E-state index in [1.807, 2.05) is 11.8 Å². The number of piperidine rings is 1. The van der Waals surface area contributed by atoms with Gasteiger partial charge in [0.2, 0.25) is 5.91 Å². The molecule has 1 saturated heterocycles. The number of carbonyl (C=O) groups excluding carboxylic acids is 1. The molecular weight excluding hydrogens is 416 g/mol. The van der Waals surface area contributed by atoms with Crippen molar-refractivity contribution in [2.24, 2.45) is 35.5 Å². The third-order valence-electron chi connectivity index (χ3n) is 9.32. The van der Waals surface area contributed by atoms with Crippen LogP contribution in [0.25, 0.3) is 0 Å². The van der Waals surface area contributed by atoms with Crippen molar-refractivity contribution in [1.82, 2.24) is 9.80 Å². The van der Waals surface area contributed by atoms with Crippen LogP contribution in [0.4, 0.5) is 0 Å². The standard InChI is InChI=1S/C27H48N2O4/c1-18-23(30)14-24(31)25(26(18)33-17-19-7-5-4-6-8-19)27(32)29-12-11-21-13-20(15-28(2)3)9-10-22(21)16-29/h18-26,30-31H,4-17H2,1-3H3. The lowest BCUT2D eigenvalue weighted by Gasteiger charge is -2.47. The Hall–Kier alpha value is -0.690. The molecule has 3 saturated carbocycles. The van der Waals surface area contributed by atoms with Crippen LogP contribution in [0.15, 0.2) is 0 Å². The Labute approximate surface area is 201 Å². The summed E-state index contributed by atoms with van der Waals surface area (Å²) in [5.41, 5.74) is 0. The number of amides is 1. The minimum atomic E-state index is -0.825. The van der Waals surface area contributed by atoms with E-state index in [0.717, 1.165) is 31.3 Å². The first-order valence-corrected chi connectivity index (χ1v) is 13.7. The molecule has 4 fully saturated rings. The lowest BCUT2D eigenvalue weighted by Crippen LogP contribution is -2.58. The van der Waals surface area contributed by atoms with Gasteiger partial charge < -0.3 is 24.7 Å². The number of hydrogen-bond donors (Lipinski definition) is 2. The molecule has 0 aromatic rings. The molecule has 190 valence electrons. The van der Waals surface area contributed by atoms with Crippen LogP contribution in [0.3, 0.4) is 0 Å². The summed E-state index contributed by atoms with van der Waals surface area (Å²) in [6.07, 6.45) is 9.46. The molecular formula is C27H48N2O4. The summed E-state index contributed by atoms with van der Waals surface area (Å²) in [5.74, 6) is 2.02. The number of hydrogen-bond acceptors (Lipinski definition) is 5. The minimum absolute atomic E-state index is 0.0590. The fourth-order valence-electron chi connectivity index (χ4n) is 7.34. The highest BCUT2D eigenvalue weighted by atomic mass is 16.5. The molecule has 4 rings (SSSR count). The lowest BCUT2D eigenvalue weighted by atomic mass is 9.70. The largest absolute Gasteiger partial charge is 0.393 e. The second-order valence-corrected chi connectivity index (χ2v) is 12.1. The molecule has 6 nitrogen and oxygen atoms in total. The third kappa shape index (κ3) is 6.12. The van der Waals surface area contributed by atoms with E-state index in [1.54, 1.807) is 0 Å². The smallest absolute Gasteiger partial charge is 0.230 e. The molecule has 8 atom stereocenters. The molecule has 1 aliphatic heterocycles. The Balaban J connectivity index is 1.38. The van der Waals surface area contributed by atoms with Crippen molar-refractivity contribution in [3.05, 3.63) is 0 Å². The maximum Gasteiger partial charge on any atom is 0.230 e. The van der Waals surface area contributed by atoms with Gasteiger partial charge in [0.05, 0.1) is 24.2 Å². The van der Waals surface area contributed by atoms with E-state index in [-0.39, 0.29) is 18.2 Å². The highest BCUT2D eigenvalue weighted by Gasteiger charge is 2.48. The number of carbonyl (C=O) groups is 1. The van der Waals surface area contributed by atoms with Gasteiger partial charge in [-0.2, -0.15) is 0 Å². The van der Waals surface area contributed by atoms with E-state index in [2.05, 4.69) is 19.0 Å². The molecule has 8 unspecified atom stereocenters. The normalized spacial score (nSPS) is 40.6. The van der Waals surface area contributed by atoms with Crippen LogP contribution in [0.1, 0.15) is 71.1 Å². The van der Waals surface area contributed by atoms with Gasteiger partial charge in [0.25, 0.3) is 0 Å². The maximum atomic E-state index is 13.8. The predicted octanol–water partition coefficient (Wildman–Crippen LogP) is 3.16. The molecule has 4 aliphatic rings. The molecule has 6 heteroatoms. The van der Waals surface area contributed by atoms with E-state index in [0.29, 0.717) is 18.4 Å². The molecule has 0 aromatic carbocycles. The number of aliphatic hydroxyl groups is 2. The van der Waals surface area contributed by atoms with Crippen molar-refractivity contribution >= 4 is 5.91 Å². The number of fused-ring (bicyclic) bond motifs is 1. The summed E-state index contributed by atoms with van der Waals surface area (Å²) in [6.45, 7) is 5.43. The SMILES string of the molecule is CC1C(O)CC(O)C(C(=O)N2CCC3CC(CN(C)C)CCC3C2)C1OCC1CCCCC1. The van der Waals surface area contributed by atoms with Crippen LogP contribution in [-0.4, -0.2) is 84.6 Å². The monoisotopic (exact) mass is 464 g/mol. The van der Waals surface area contributed by atoms with Gasteiger partial charge in [-0.25, -0.2) is 0 Å². The van der Waals surface area contributed by atoms with Crippen molar-refractivity contribution in [2.75, 3.05) is 40.3 Å². The topological polar surface area (TPSA) is 73.2 Å². The summed E-state index contributed by atoms with van der Waals surface area (Å²) in [5, 5.41) is 21.5.